The molecule has 0 heterocycles. The zero-order chi connectivity index (χ0) is 13.7. The quantitative estimate of drug-likeness (QED) is 0.817. The van der Waals surface area contributed by atoms with Gasteiger partial charge in [0.05, 0.1) is 7.11 Å². The Balaban J connectivity index is 2.92. The van der Waals surface area contributed by atoms with Gasteiger partial charge >= 0.3 is 0 Å². The van der Waals surface area contributed by atoms with E-state index < -0.39 is 0 Å². The molecule has 0 bridgehead atoms. The van der Waals surface area contributed by atoms with Crippen molar-refractivity contribution in [3.63, 3.8) is 0 Å². The van der Waals surface area contributed by atoms with Crippen LogP contribution in [0.4, 0.5) is 0 Å². The third-order valence-corrected chi connectivity index (χ3v) is 3.37. The summed E-state index contributed by atoms with van der Waals surface area (Å²) in [5.41, 5.74) is 8.78. The van der Waals surface area contributed by atoms with Gasteiger partial charge in [0.25, 0.3) is 0 Å². The molecular formula is C16H27NO. The molecule has 2 N–H and O–H groups in total. The van der Waals surface area contributed by atoms with E-state index in [1.807, 2.05) is 6.07 Å². The maximum absolute atomic E-state index is 6.31. The van der Waals surface area contributed by atoms with Crippen molar-refractivity contribution in [2.75, 3.05) is 7.11 Å². The van der Waals surface area contributed by atoms with Gasteiger partial charge in [-0.25, -0.2) is 0 Å². The molecule has 0 aliphatic carbocycles. The van der Waals surface area contributed by atoms with E-state index in [4.69, 9.17) is 10.5 Å². The first-order valence-corrected chi connectivity index (χ1v) is 6.89. The highest BCUT2D eigenvalue weighted by Crippen LogP contribution is 2.30. The number of hydrogen-bond acceptors (Lipinski definition) is 2. The van der Waals surface area contributed by atoms with Gasteiger partial charge in [-0.1, -0.05) is 39.8 Å². The molecule has 102 valence electrons. The molecular weight excluding hydrogens is 222 g/mol. The summed E-state index contributed by atoms with van der Waals surface area (Å²) in [6, 6.07) is 6.44. The van der Waals surface area contributed by atoms with Crippen molar-refractivity contribution in [1.82, 2.24) is 0 Å². The van der Waals surface area contributed by atoms with Gasteiger partial charge in [-0.3, -0.25) is 0 Å². The van der Waals surface area contributed by atoms with E-state index in [1.54, 1.807) is 7.11 Å². The van der Waals surface area contributed by atoms with Crippen LogP contribution in [0.3, 0.4) is 0 Å². The highest BCUT2D eigenvalue weighted by molar-refractivity contribution is 5.40. The standard InChI is InChI=1S/C16H27NO/c1-11(2)6-8-15(17)14-10-13(12(3)4)7-9-16(14)18-5/h7,9-12,15H,6,8,17H2,1-5H3/t15-/m0/s1. The predicted molar refractivity (Wildman–Crippen MR) is 78.1 cm³/mol. The van der Waals surface area contributed by atoms with Crippen molar-refractivity contribution in [1.29, 1.82) is 0 Å². The number of nitrogens with two attached hydrogens (primary N) is 1. The number of methoxy groups -OCH3 is 1. The highest BCUT2D eigenvalue weighted by Gasteiger charge is 2.14. The molecule has 2 heteroatoms. The number of benzene rings is 1. The molecule has 0 spiro atoms. The Labute approximate surface area is 112 Å². The Morgan fingerprint density at radius 3 is 2.28 bits per heavy atom. The van der Waals surface area contributed by atoms with Crippen LogP contribution in [0.5, 0.6) is 5.75 Å². The molecule has 1 aromatic carbocycles. The average molecular weight is 249 g/mol. The molecule has 18 heavy (non-hydrogen) atoms. The van der Waals surface area contributed by atoms with E-state index in [-0.39, 0.29) is 6.04 Å². The minimum absolute atomic E-state index is 0.0704. The molecule has 1 atom stereocenters. The fourth-order valence-electron chi connectivity index (χ4n) is 2.07. The third kappa shape index (κ3) is 4.02. The van der Waals surface area contributed by atoms with E-state index in [2.05, 4.69) is 39.8 Å². The van der Waals surface area contributed by atoms with Crippen LogP contribution >= 0.6 is 0 Å². The molecule has 0 fully saturated rings. The van der Waals surface area contributed by atoms with Crippen molar-refractivity contribution in [3.05, 3.63) is 29.3 Å². The van der Waals surface area contributed by atoms with Crippen LogP contribution in [-0.4, -0.2) is 7.11 Å². The van der Waals surface area contributed by atoms with Crippen molar-refractivity contribution in [3.8, 4) is 5.75 Å². The fraction of sp³-hybridized carbons (Fsp3) is 0.625. The second kappa shape index (κ2) is 6.79. The summed E-state index contributed by atoms with van der Waals surface area (Å²) in [5, 5.41) is 0. The van der Waals surface area contributed by atoms with Gasteiger partial charge in [-0.05, 0) is 36.3 Å². The predicted octanol–water partition coefficient (Wildman–Crippen LogP) is 4.25. The minimum atomic E-state index is 0.0704. The highest BCUT2D eigenvalue weighted by atomic mass is 16.5. The molecule has 0 aromatic heterocycles. The Morgan fingerprint density at radius 1 is 1.11 bits per heavy atom. The van der Waals surface area contributed by atoms with Gasteiger partial charge in [0.2, 0.25) is 0 Å². The van der Waals surface area contributed by atoms with Gasteiger partial charge in [-0.15, -0.1) is 0 Å². The molecule has 0 aliphatic heterocycles. The molecule has 1 aromatic rings. The summed E-state index contributed by atoms with van der Waals surface area (Å²) in [7, 11) is 1.71. The molecule has 1 rings (SSSR count). The van der Waals surface area contributed by atoms with Crippen LogP contribution < -0.4 is 10.5 Å². The van der Waals surface area contributed by atoms with Gasteiger partial charge in [-0.2, -0.15) is 0 Å². The first-order valence-electron chi connectivity index (χ1n) is 6.89. The second-order valence-electron chi connectivity index (χ2n) is 5.73. The Morgan fingerprint density at radius 2 is 1.78 bits per heavy atom. The van der Waals surface area contributed by atoms with Gasteiger partial charge in [0.1, 0.15) is 5.75 Å². The Kier molecular flexibility index (Phi) is 5.67. The van der Waals surface area contributed by atoms with Crippen molar-refractivity contribution in [2.45, 2.75) is 52.5 Å². The van der Waals surface area contributed by atoms with E-state index in [0.717, 1.165) is 24.2 Å². The SMILES string of the molecule is COc1ccc(C(C)C)cc1[C@@H](N)CCC(C)C. The van der Waals surface area contributed by atoms with Crippen molar-refractivity contribution in [2.24, 2.45) is 11.7 Å². The zero-order valence-corrected chi connectivity index (χ0v) is 12.4. The number of hydrogen-bond donors (Lipinski definition) is 1. The smallest absolute Gasteiger partial charge is 0.123 e. The van der Waals surface area contributed by atoms with Gasteiger partial charge < -0.3 is 10.5 Å². The van der Waals surface area contributed by atoms with Gasteiger partial charge in [0, 0.05) is 11.6 Å². The lowest BCUT2D eigenvalue weighted by Crippen LogP contribution is -2.13. The van der Waals surface area contributed by atoms with Crippen molar-refractivity contribution < 1.29 is 4.74 Å². The molecule has 2 nitrogen and oxygen atoms in total. The van der Waals surface area contributed by atoms with Crippen LogP contribution in [0.25, 0.3) is 0 Å². The molecule has 0 saturated carbocycles. The normalized spacial score (nSPS) is 13.1. The van der Waals surface area contributed by atoms with Crippen LogP contribution in [0.2, 0.25) is 0 Å². The van der Waals surface area contributed by atoms with Gasteiger partial charge in [0.15, 0.2) is 0 Å². The number of ether oxygens (including phenoxy) is 1. The molecule has 0 aliphatic rings. The zero-order valence-electron chi connectivity index (χ0n) is 12.4. The summed E-state index contributed by atoms with van der Waals surface area (Å²) in [5.74, 6) is 2.12. The summed E-state index contributed by atoms with van der Waals surface area (Å²) in [4.78, 5) is 0. The summed E-state index contributed by atoms with van der Waals surface area (Å²) in [6.07, 6.45) is 2.16. The molecule has 0 unspecified atom stereocenters. The van der Waals surface area contributed by atoms with E-state index in [1.165, 1.54) is 5.56 Å². The fourth-order valence-corrected chi connectivity index (χ4v) is 2.07. The van der Waals surface area contributed by atoms with Crippen LogP contribution in [0, 0.1) is 5.92 Å². The lowest BCUT2D eigenvalue weighted by Gasteiger charge is -2.19. The van der Waals surface area contributed by atoms with Crippen LogP contribution in [0.1, 0.15) is 63.6 Å². The number of rotatable bonds is 6. The van der Waals surface area contributed by atoms with Crippen LogP contribution in [-0.2, 0) is 0 Å². The first kappa shape index (κ1) is 15.0. The second-order valence-corrected chi connectivity index (χ2v) is 5.73. The molecule has 0 amide bonds. The van der Waals surface area contributed by atoms with E-state index in [0.29, 0.717) is 11.8 Å². The van der Waals surface area contributed by atoms with E-state index in [9.17, 15) is 0 Å². The minimum Gasteiger partial charge on any atom is -0.496 e. The largest absolute Gasteiger partial charge is 0.496 e. The first-order chi connectivity index (χ1) is 8.45. The Bertz CT molecular complexity index is 371. The monoisotopic (exact) mass is 249 g/mol. The summed E-state index contributed by atoms with van der Waals surface area (Å²) >= 11 is 0. The molecule has 0 radical (unpaired) electrons. The molecule has 0 saturated heterocycles. The lowest BCUT2D eigenvalue weighted by molar-refractivity contribution is 0.400. The lowest BCUT2D eigenvalue weighted by atomic mass is 9.93. The summed E-state index contributed by atoms with van der Waals surface area (Å²) < 4.78 is 5.43. The maximum Gasteiger partial charge on any atom is 0.123 e. The van der Waals surface area contributed by atoms with Crippen molar-refractivity contribution >= 4 is 0 Å². The maximum atomic E-state index is 6.31. The van der Waals surface area contributed by atoms with Crippen LogP contribution in [0.15, 0.2) is 18.2 Å². The van der Waals surface area contributed by atoms with E-state index >= 15 is 0 Å². The topological polar surface area (TPSA) is 35.2 Å². The third-order valence-electron chi connectivity index (χ3n) is 3.37. The average Bonchev–Trinajstić information content (AvgIpc) is 2.34. The Hall–Kier alpha value is -1.02. The summed E-state index contributed by atoms with van der Waals surface area (Å²) in [6.45, 7) is 8.86.